The third kappa shape index (κ3) is 5.07. The summed E-state index contributed by atoms with van der Waals surface area (Å²) in [5.41, 5.74) is 1.60. The van der Waals surface area contributed by atoms with Gasteiger partial charge in [-0.2, -0.15) is 0 Å². The average Bonchev–Trinajstić information content (AvgIpc) is 2.86. The topological polar surface area (TPSA) is 53.0 Å². The Bertz CT molecular complexity index is 588. The Balaban J connectivity index is 2.16. The molecular weight excluding hydrogens is 348 g/mol. The van der Waals surface area contributed by atoms with Crippen molar-refractivity contribution >= 4 is 18.0 Å². The zero-order valence-corrected chi connectivity index (χ0v) is 17.3. The first-order chi connectivity index (χ1) is 12.4. The maximum absolute atomic E-state index is 12.1. The smallest absolute Gasteiger partial charge is 0.412 e. The number of amides is 1. The number of nitrogens with zero attached hydrogens (tertiary/aromatic N) is 2. The van der Waals surface area contributed by atoms with E-state index >= 15 is 0 Å². The molecular formula is C20H32N2O3S. The summed E-state index contributed by atoms with van der Waals surface area (Å²) in [4.78, 5) is 13.5. The molecule has 2 aliphatic rings. The molecule has 26 heavy (non-hydrogen) atoms. The van der Waals surface area contributed by atoms with Gasteiger partial charge in [0.25, 0.3) is 0 Å². The summed E-state index contributed by atoms with van der Waals surface area (Å²) in [6.07, 6.45) is 9.94. The fourth-order valence-electron chi connectivity index (χ4n) is 3.38. The minimum absolute atomic E-state index is 0.260. The molecule has 0 saturated carbocycles. The van der Waals surface area contributed by atoms with Crippen molar-refractivity contribution in [3.63, 3.8) is 0 Å². The van der Waals surface area contributed by atoms with Gasteiger partial charge < -0.3 is 9.84 Å². The van der Waals surface area contributed by atoms with Crippen LogP contribution in [0.2, 0.25) is 0 Å². The van der Waals surface area contributed by atoms with Crippen LogP contribution < -0.4 is 0 Å². The number of hydrogen-bond acceptors (Lipinski definition) is 4. The van der Waals surface area contributed by atoms with E-state index in [2.05, 4.69) is 32.0 Å². The maximum Gasteiger partial charge on any atom is 0.412 e. The van der Waals surface area contributed by atoms with Crippen LogP contribution in [-0.4, -0.2) is 39.4 Å². The van der Waals surface area contributed by atoms with Crippen LogP contribution in [0.4, 0.5) is 4.79 Å². The van der Waals surface area contributed by atoms with Crippen LogP contribution in [-0.2, 0) is 4.74 Å². The second kappa shape index (κ2) is 9.51. The van der Waals surface area contributed by atoms with E-state index in [-0.39, 0.29) is 5.41 Å². The molecule has 1 N–H and O–H groups in total. The predicted molar refractivity (Wildman–Crippen MR) is 107 cm³/mol. The molecule has 1 aliphatic carbocycles. The third-order valence-corrected chi connectivity index (χ3v) is 5.84. The Morgan fingerprint density at radius 3 is 2.50 bits per heavy atom. The lowest BCUT2D eigenvalue weighted by Gasteiger charge is -2.32. The fraction of sp³-hybridized carbons (Fsp3) is 0.650. The number of carboxylic acid groups (broad SMARTS) is 1. The van der Waals surface area contributed by atoms with Gasteiger partial charge >= 0.3 is 6.09 Å². The Kier molecular flexibility index (Phi) is 7.65. The predicted octanol–water partition coefficient (Wildman–Crippen LogP) is 5.59. The molecule has 146 valence electrons. The van der Waals surface area contributed by atoms with Gasteiger partial charge in [-0.1, -0.05) is 58.6 Å². The quantitative estimate of drug-likeness (QED) is 0.396. The van der Waals surface area contributed by atoms with Crippen LogP contribution in [0.25, 0.3) is 0 Å². The average molecular weight is 381 g/mol. The van der Waals surface area contributed by atoms with Crippen LogP contribution in [0.3, 0.4) is 0 Å². The summed E-state index contributed by atoms with van der Waals surface area (Å²) in [5, 5.41) is 9.89. The third-order valence-electron chi connectivity index (χ3n) is 4.73. The van der Waals surface area contributed by atoms with E-state index < -0.39 is 6.09 Å². The van der Waals surface area contributed by atoms with Gasteiger partial charge in [0.1, 0.15) is 5.76 Å². The van der Waals surface area contributed by atoms with Crippen LogP contribution in [0.15, 0.2) is 35.4 Å². The number of allylic oxidation sites excluding steroid dienone is 4. The van der Waals surface area contributed by atoms with E-state index in [4.69, 9.17) is 4.74 Å². The molecule has 0 aromatic heterocycles. The highest BCUT2D eigenvalue weighted by Crippen LogP contribution is 2.48. The van der Waals surface area contributed by atoms with Gasteiger partial charge in [0, 0.05) is 18.5 Å². The molecule has 0 saturated heterocycles. The number of carbonyl (C=O) groups is 1. The van der Waals surface area contributed by atoms with Crippen molar-refractivity contribution in [2.75, 3.05) is 19.0 Å². The van der Waals surface area contributed by atoms with Crippen molar-refractivity contribution in [3.8, 4) is 0 Å². The lowest BCUT2D eigenvalue weighted by atomic mass is 9.88. The first-order valence-electron chi connectivity index (χ1n) is 9.56. The number of unbranched alkanes of at least 4 members (excludes halogenated alkanes) is 2. The summed E-state index contributed by atoms with van der Waals surface area (Å²) >= 11 is 1.62. The summed E-state index contributed by atoms with van der Waals surface area (Å²) in [7, 11) is 0. The highest BCUT2D eigenvalue weighted by Gasteiger charge is 2.42. The van der Waals surface area contributed by atoms with Crippen molar-refractivity contribution < 1.29 is 14.6 Å². The summed E-state index contributed by atoms with van der Waals surface area (Å²) in [5.74, 6) is 1.11. The van der Waals surface area contributed by atoms with Crippen LogP contribution in [0.1, 0.15) is 59.8 Å². The van der Waals surface area contributed by atoms with Crippen LogP contribution >= 0.6 is 11.9 Å². The highest BCUT2D eigenvalue weighted by atomic mass is 32.2. The van der Waals surface area contributed by atoms with Gasteiger partial charge in [0.05, 0.1) is 17.8 Å². The molecule has 6 heteroatoms. The minimum atomic E-state index is -0.918. The number of hydrogen-bond donors (Lipinski definition) is 1. The molecule has 0 aromatic rings. The van der Waals surface area contributed by atoms with Crippen molar-refractivity contribution in [2.24, 2.45) is 5.41 Å². The van der Waals surface area contributed by atoms with Gasteiger partial charge in [-0.05, 0) is 30.9 Å². The zero-order chi connectivity index (χ0) is 19.2. The Hall–Kier alpha value is -1.40. The van der Waals surface area contributed by atoms with Gasteiger partial charge in [-0.3, -0.25) is 4.90 Å². The number of ether oxygens (including phenoxy) is 1. The summed E-state index contributed by atoms with van der Waals surface area (Å²) < 4.78 is 8.03. The van der Waals surface area contributed by atoms with Crippen molar-refractivity contribution in [1.82, 2.24) is 9.21 Å². The van der Waals surface area contributed by atoms with Crippen molar-refractivity contribution in [2.45, 2.75) is 59.8 Å². The van der Waals surface area contributed by atoms with Crippen LogP contribution in [0.5, 0.6) is 0 Å². The Morgan fingerprint density at radius 1 is 1.27 bits per heavy atom. The normalized spacial score (nSPS) is 18.0. The van der Waals surface area contributed by atoms with Gasteiger partial charge in [0.2, 0.25) is 0 Å². The molecule has 0 radical (unpaired) electrons. The number of rotatable bonds is 10. The molecule has 2 rings (SSSR count). The molecule has 0 atom stereocenters. The highest BCUT2D eigenvalue weighted by molar-refractivity contribution is 7.96. The van der Waals surface area contributed by atoms with Gasteiger partial charge in [-0.15, -0.1) is 0 Å². The Morgan fingerprint density at radius 2 is 1.92 bits per heavy atom. The first-order valence-corrected chi connectivity index (χ1v) is 10.5. The van der Waals surface area contributed by atoms with Crippen molar-refractivity contribution in [1.29, 1.82) is 0 Å². The molecule has 1 aliphatic heterocycles. The van der Waals surface area contributed by atoms with Crippen LogP contribution in [0, 0.1) is 5.41 Å². The van der Waals surface area contributed by atoms with Gasteiger partial charge in [-0.25, -0.2) is 9.10 Å². The van der Waals surface area contributed by atoms with E-state index in [1.54, 1.807) is 18.2 Å². The van der Waals surface area contributed by atoms with E-state index in [0.29, 0.717) is 11.6 Å². The minimum Gasteiger partial charge on any atom is -0.465 e. The molecule has 0 spiro atoms. The van der Waals surface area contributed by atoms with E-state index in [9.17, 15) is 9.90 Å². The summed E-state index contributed by atoms with van der Waals surface area (Å²) in [6, 6.07) is 0. The van der Waals surface area contributed by atoms with Gasteiger partial charge in [0.15, 0.2) is 0 Å². The van der Waals surface area contributed by atoms with E-state index in [1.165, 1.54) is 4.90 Å². The molecule has 0 aromatic carbocycles. The maximum atomic E-state index is 12.1. The largest absolute Gasteiger partial charge is 0.465 e. The second-order valence-electron chi connectivity index (χ2n) is 7.48. The molecule has 0 fully saturated rings. The standard InChI is InChI=1S/C20H32N2O3S/c1-5-7-11-21(12-8-6-2)26-15-22(19(23)24)18-17-16(10-9-13-25-17)14-20(18,3)4/h9-10,13H,5-8,11-12,14-15H2,1-4H3,(H,23,24). The molecule has 0 unspecified atom stereocenters. The lowest BCUT2D eigenvalue weighted by Crippen LogP contribution is -2.36. The SMILES string of the molecule is CCCCN(CCCC)SCN(C(=O)O)C1=C2OC=CC=C2CC1(C)C. The second-order valence-corrected chi connectivity index (χ2v) is 8.51. The molecule has 1 heterocycles. The first kappa shape index (κ1) is 20.9. The van der Waals surface area contributed by atoms with Crippen molar-refractivity contribution in [3.05, 3.63) is 35.4 Å². The lowest BCUT2D eigenvalue weighted by molar-refractivity contribution is 0.153. The van der Waals surface area contributed by atoms with E-state index in [0.717, 1.165) is 56.5 Å². The van der Waals surface area contributed by atoms with E-state index in [1.807, 2.05) is 12.2 Å². The monoisotopic (exact) mass is 380 g/mol. The zero-order valence-electron chi connectivity index (χ0n) is 16.5. The molecule has 5 nitrogen and oxygen atoms in total. The molecule has 0 bridgehead atoms. The summed E-state index contributed by atoms with van der Waals surface area (Å²) in [6.45, 7) is 10.5. The molecule has 1 amide bonds. The Labute approximate surface area is 161 Å². The fourth-order valence-corrected chi connectivity index (χ4v) is 4.42. The number of fused-ring (bicyclic) bond motifs is 1.